The zero-order valence-electron chi connectivity index (χ0n) is 13.0. The van der Waals surface area contributed by atoms with Crippen LogP contribution < -0.4 is 0 Å². The van der Waals surface area contributed by atoms with Crippen LogP contribution >= 0.6 is 0 Å². The van der Waals surface area contributed by atoms with Gasteiger partial charge in [0.15, 0.2) is 0 Å². The largest absolute Gasteiger partial charge is 0.243 e. The molecule has 126 valence electrons. The molecule has 1 fully saturated rings. The van der Waals surface area contributed by atoms with Gasteiger partial charge in [0.2, 0.25) is 20.0 Å². The molecule has 0 aromatic heterocycles. The molecule has 0 atom stereocenters. The molecule has 0 saturated carbocycles. The maximum atomic E-state index is 12.6. The van der Waals surface area contributed by atoms with Gasteiger partial charge in [0.1, 0.15) is 0 Å². The number of nitriles is 1. The molecule has 9 heteroatoms. The highest BCUT2D eigenvalue weighted by molar-refractivity contribution is 7.89. The topological polar surface area (TPSA) is 98.5 Å². The number of piperidine rings is 1. The van der Waals surface area contributed by atoms with E-state index < -0.39 is 20.0 Å². The average molecular weight is 357 g/mol. The third-order valence-corrected chi connectivity index (χ3v) is 7.34. The van der Waals surface area contributed by atoms with Crippen LogP contribution in [0.25, 0.3) is 0 Å². The Labute approximate surface area is 137 Å². The Bertz CT molecular complexity index is 803. The first-order valence-corrected chi connectivity index (χ1v) is 10.4. The van der Waals surface area contributed by atoms with Gasteiger partial charge in [-0.05, 0) is 37.1 Å². The van der Waals surface area contributed by atoms with Crippen molar-refractivity contribution in [3.05, 3.63) is 29.8 Å². The molecule has 1 aromatic rings. The monoisotopic (exact) mass is 357 g/mol. The van der Waals surface area contributed by atoms with E-state index in [9.17, 15) is 16.8 Å². The molecule has 2 rings (SSSR count). The predicted molar refractivity (Wildman–Crippen MR) is 85.5 cm³/mol. The number of nitrogens with zero attached hydrogens (tertiary/aromatic N) is 3. The summed E-state index contributed by atoms with van der Waals surface area (Å²) >= 11 is 0. The first-order valence-electron chi connectivity index (χ1n) is 7.09. The lowest BCUT2D eigenvalue weighted by molar-refractivity contribution is 0.239. The van der Waals surface area contributed by atoms with Gasteiger partial charge >= 0.3 is 0 Å². The molecule has 0 bridgehead atoms. The Balaban J connectivity index is 2.11. The van der Waals surface area contributed by atoms with Crippen LogP contribution in [-0.2, 0) is 20.0 Å². The summed E-state index contributed by atoms with van der Waals surface area (Å²) in [6, 6.07) is 7.54. The van der Waals surface area contributed by atoms with Crippen LogP contribution in [0.15, 0.2) is 29.2 Å². The molecule has 0 aliphatic carbocycles. The average Bonchev–Trinajstić information content (AvgIpc) is 2.53. The number of hydrogen-bond donors (Lipinski definition) is 0. The van der Waals surface area contributed by atoms with Crippen molar-refractivity contribution in [2.45, 2.75) is 23.8 Å². The van der Waals surface area contributed by atoms with Crippen molar-refractivity contribution in [1.82, 2.24) is 8.61 Å². The molecule has 0 N–H and O–H groups in total. The van der Waals surface area contributed by atoms with Gasteiger partial charge in [-0.2, -0.15) is 9.57 Å². The van der Waals surface area contributed by atoms with E-state index in [1.807, 2.05) is 6.07 Å². The van der Waals surface area contributed by atoms with Crippen molar-refractivity contribution in [2.75, 3.05) is 26.4 Å². The number of hydrogen-bond acceptors (Lipinski definition) is 5. The number of benzene rings is 1. The molecule has 1 saturated heterocycles. The van der Waals surface area contributed by atoms with Gasteiger partial charge in [-0.3, -0.25) is 0 Å². The molecule has 23 heavy (non-hydrogen) atoms. The van der Waals surface area contributed by atoms with E-state index >= 15 is 0 Å². The quantitative estimate of drug-likeness (QED) is 0.786. The minimum Gasteiger partial charge on any atom is -0.213 e. The second-order valence-electron chi connectivity index (χ2n) is 5.55. The molecule has 1 aliphatic rings. The number of sulfonamides is 2. The van der Waals surface area contributed by atoms with E-state index in [-0.39, 0.29) is 24.0 Å². The van der Waals surface area contributed by atoms with Gasteiger partial charge in [-0.1, -0.05) is 0 Å². The minimum atomic E-state index is -3.62. The van der Waals surface area contributed by atoms with E-state index in [1.54, 1.807) is 0 Å². The van der Waals surface area contributed by atoms with Crippen LogP contribution in [0.4, 0.5) is 0 Å². The minimum absolute atomic E-state index is 0.145. The predicted octanol–water partition coefficient (Wildman–Crippen LogP) is 0.603. The van der Waals surface area contributed by atoms with Crippen LogP contribution in [0, 0.1) is 11.3 Å². The molecule has 1 aromatic carbocycles. The molecule has 1 heterocycles. The van der Waals surface area contributed by atoms with Crippen LogP contribution in [0.2, 0.25) is 0 Å². The molecule has 0 radical (unpaired) electrons. The van der Waals surface area contributed by atoms with Gasteiger partial charge < -0.3 is 0 Å². The summed E-state index contributed by atoms with van der Waals surface area (Å²) in [5, 5.41) is 8.76. The maximum Gasteiger partial charge on any atom is 0.243 e. The summed E-state index contributed by atoms with van der Waals surface area (Å²) in [6.45, 7) is 0.541. The standard InChI is InChI=1S/C14H19N3O4S2/c1-16(22(2,18)19)13-7-9-17(10-8-13)23(20,21)14-5-3-12(11-15)4-6-14/h3-6,13H,7-10H2,1-2H3. The molecule has 1 aliphatic heterocycles. The summed E-state index contributed by atoms with van der Waals surface area (Å²) in [6.07, 6.45) is 2.06. The van der Waals surface area contributed by atoms with E-state index in [2.05, 4.69) is 0 Å². The van der Waals surface area contributed by atoms with Crippen LogP contribution in [0.3, 0.4) is 0 Å². The van der Waals surface area contributed by atoms with Gasteiger partial charge in [0.05, 0.1) is 22.8 Å². The van der Waals surface area contributed by atoms with Gasteiger partial charge in [0.25, 0.3) is 0 Å². The lowest BCUT2D eigenvalue weighted by atomic mass is 10.1. The molecule has 0 unspecified atom stereocenters. The zero-order valence-corrected chi connectivity index (χ0v) is 14.6. The second kappa shape index (κ2) is 6.57. The van der Waals surface area contributed by atoms with Crippen molar-refractivity contribution in [3.8, 4) is 6.07 Å². The molecular formula is C14H19N3O4S2. The van der Waals surface area contributed by atoms with E-state index in [1.165, 1.54) is 39.9 Å². The van der Waals surface area contributed by atoms with Crippen LogP contribution in [0.1, 0.15) is 18.4 Å². The lowest BCUT2D eigenvalue weighted by Gasteiger charge is -2.34. The smallest absolute Gasteiger partial charge is 0.213 e. The zero-order chi connectivity index (χ0) is 17.3. The molecular weight excluding hydrogens is 338 g/mol. The van der Waals surface area contributed by atoms with Crippen molar-refractivity contribution < 1.29 is 16.8 Å². The summed E-state index contributed by atoms with van der Waals surface area (Å²) in [5.74, 6) is 0. The second-order valence-corrected chi connectivity index (χ2v) is 9.53. The highest BCUT2D eigenvalue weighted by Gasteiger charge is 2.32. The van der Waals surface area contributed by atoms with E-state index in [0.717, 1.165) is 6.26 Å². The van der Waals surface area contributed by atoms with Gasteiger partial charge in [-0.25, -0.2) is 21.1 Å². The Hall–Kier alpha value is -1.47. The third-order valence-electron chi connectivity index (χ3n) is 4.08. The Morgan fingerprint density at radius 2 is 1.65 bits per heavy atom. The number of rotatable bonds is 4. The molecule has 0 spiro atoms. The fourth-order valence-electron chi connectivity index (χ4n) is 2.57. The molecule has 7 nitrogen and oxygen atoms in total. The van der Waals surface area contributed by atoms with E-state index in [4.69, 9.17) is 5.26 Å². The first-order chi connectivity index (χ1) is 10.7. The van der Waals surface area contributed by atoms with Crippen molar-refractivity contribution in [1.29, 1.82) is 5.26 Å². The summed E-state index contributed by atoms with van der Waals surface area (Å²) in [4.78, 5) is 0.145. The first kappa shape index (κ1) is 17.9. The van der Waals surface area contributed by atoms with Crippen LogP contribution in [-0.4, -0.2) is 57.9 Å². The van der Waals surface area contributed by atoms with Crippen molar-refractivity contribution in [3.63, 3.8) is 0 Å². The Morgan fingerprint density at radius 3 is 2.09 bits per heavy atom. The normalized spacial score (nSPS) is 18.0. The summed E-state index contributed by atoms with van der Waals surface area (Å²) in [7, 11) is -5.38. The van der Waals surface area contributed by atoms with Gasteiger partial charge in [0, 0.05) is 26.2 Å². The Morgan fingerprint density at radius 1 is 1.13 bits per heavy atom. The summed E-state index contributed by atoms with van der Waals surface area (Å²) in [5.41, 5.74) is 0.400. The maximum absolute atomic E-state index is 12.6. The van der Waals surface area contributed by atoms with Crippen molar-refractivity contribution in [2.24, 2.45) is 0 Å². The highest BCUT2D eigenvalue weighted by atomic mass is 32.2. The highest BCUT2D eigenvalue weighted by Crippen LogP contribution is 2.23. The third kappa shape index (κ3) is 3.90. The van der Waals surface area contributed by atoms with Crippen LogP contribution in [0.5, 0.6) is 0 Å². The summed E-state index contributed by atoms with van der Waals surface area (Å²) < 4.78 is 50.9. The fourth-order valence-corrected chi connectivity index (χ4v) is 4.79. The lowest BCUT2D eigenvalue weighted by Crippen LogP contribution is -2.46. The fraction of sp³-hybridized carbons (Fsp3) is 0.500. The van der Waals surface area contributed by atoms with E-state index in [0.29, 0.717) is 18.4 Å². The van der Waals surface area contributed by atoms with Gasteiger partial charge in [-0.15, -0.1) is 0 Å². The van der Waals surface area contributed by atoms with Crippen molar-refractivity contribution >= 4 is 20.0 Å². The SMILES string of the molecule is CN(C1CCN(S(=O)(=O)c2ccc(C#N)cc2)CC1)S(C)(=O)=O. The molecule has 0 amide bonds. The Kier molecular flexibility index (Phi) is 5.10.